The minimum absolute atomic E-state index is 0.0383. The molecule has 1 aromatic rings. The van der Waals surface area contributed by atoms with Crippen LogP contribution in [0.25, 0.3) is 0 Å². The average Bonchev–Trinajstić information content (AvgIpc) is 2.71. The zero-order valence-electron chi connectivity index (χ0n) is 11.8. The quantitative estimate of drug-likeness (QED) is 0.483. The van der Waals surface area contributed by atoms with E-state index in [-0.39, 0.29) is 6.04 Å². The normalized spacial score (nSPS) is 12.8. The third kappa shape index (κ3) is 6.99. The van der Waals surface area contributed by atoms with E-state index in [9.17, 15) is 0 Å². The summed E-state index contributed by atoms with van der Waals surface area (Å²) in [5, 5.41) is 0. The van der Waals surface area contributed by atoms with Crippen LogP contribution in [0.2, 0.25) is 8.67 Å². The number of halogens is 2. The lowest BCUT2D eigenvalue weighted by molar-refractivity contribution is 0.537. The fourth-order valence-corrected chi connectivity index (χ4v) is 3.86. The van der Waals surface area contributed by atoms with Crippen molar-refractivity contribution in [1.82, 2.24) is 0 Å². The first kappa shape index (κ1) is 17.3. The Hall–Kier alpha value is 0.240. The van der Waals surface area contributed by atoms with Crippen LogP contribution in [-0.2, 0) is 0 Å². The first-order valence-electron chi connectivity index (χ1n) is 7.35. The zero-order chi connectivity index (χ0) is 14.1. The predicted molar refractivity (Wildman–Crippen MR) is 88.5 cm³/mol. The Morgan fingerprint density at radius 1 is 1.05 bits per heavy atom. The lowest BCUT2D eigenvalue weighted by Gasteiger charge is -2.10. The lowest BCUT2D eigenvalue weighted by Crippen LogP contribution is -2.09. The molecule has 1 heterocycles. The summed E-state index contributed by atoms with van der Waals surface area (Å²) in [5.74, 6) is 0. The van der Waals surface area contributed by atoms with Crippen molar-refractivity contribution < 1.29 is 0 Å². The Labute approximate surface area is 131 Å². The van der Waals surface area contributed by atoms with E-state index in [1.807, 2.05) is 6.07 Å². The van der Waals surface area contributed by atoms with E-state index in [0.29, 0.717) is 0 Å². The van der Waals surface area contributed by atoms with E-state index in [4.69, 9.17) is 28.9 Å². The molecule has 0 saturated carbocycles. The van der Waals surface area contributed by atoms with Crippen molar-refractivity contribution in [3.05, 3.63) is 20.3 Å². The van der Waals surface area contributed by atoms with Gasteiger partial charge in [-0.3, -0.25) is 0 Å². The zero-order valence-corrected chi connectivity index (χ0v) is 14.1. The number of nitrogens with two attached hydrogens (primary N) is 1. The standard InChI is InChI=1S/C15H25Cl2NS/c1-2-3-4-5-6-7-8-9-10-13(18)12-11-14(16)19-15(12)17/h11,13H,2-10,18H2,1H3. The van der Waals surface area contributed by atoms with Crippen molar-refractivity contribution in [1.29, 1.82) is 0 Å². The van der Waals surface area contributed by atoms with Gasteiger partial charge in [-0.15, -0.1) is 11.3 Å². The topological polar surface area (TPSA) is 26.0 Å². The molecule has 1 nitrogen and oxygen atoms in total. The summed E-state index contributed by atoms with van der Waals surface area (Å²) in [7, 11) is 0. The summed E-state index contributed by atoms with van der Waals surface area (Å²) >= 11 is 13.4. The van der Waals surface area contributed by atoms with Crippen molar-refractivity contribution in [2.75, 3.05) is 0 Å². The molecule has 0 aliphatic heterocycles. The molecule has 1 unspecified atom stereocenters. The third-order valence-electron chi connectivity index (χ3n) is 3.45. The molecule has 0 saturated heterocycles. The molecule has 19 heavy (non-hydrogen) atoms. The highest BCUT2D eigenvalue weighted by molar-refractivity contribution is 7.20. The molecule has 0 spiro atoms. The molecule has 2 N–H and O–H groups in total. The number of thiophene rings is 1. The summed E-state index contributed by atoms with van der Waals surface area (Å²) in [6.07, 6.45) is 11.6. The van der Waals surface area contributed by atoms with Crippen molar-refractivity contribution in [3.8, 4) is 0 Å². The number of unbranched alkanes of at least 4 members (excludes halogenated alkanes) is 7. The van der Waals surface area contributed by atoms with Crippen LogP contribution < -0.4 is 5.73 Å². The molecule has 110 valence electrons. The van der Waals surface area contributed by atoms with Crippen molar-refractivity contribution in [2.24, 2.45) is 5.73 Å². The monoisotopic (exact) mass is 321 g/mol. The lowest BCUT2D eigenvalue weighted by atomic mass is 10.0. The molecule has 1 atom stereocenters. The molecule has 1 rings (SSSR count). The second-order valence-corrected chi connectivity index (χ2v) is 7.44. The van der Waals surface area contributed by atoms with Crippen LogP contribution in [-0.4, -0.2) is 0 Å². The van der Waals surface area contributed by atoms with Gasteiger partial charge in [-0.2, -0.15) is 0 Å². The van der Waals surface area contributed by atoms with Crippen LogP contribution in [0.1, 0.15) is 76.3 Å². The van der Waals surface area contributed by atoms with Crippen molar-refractivity contribution >= 4 is 34.5 Å². The molecule has 0 aliphatic rings. The second-order valence-electron chi connectivity index (χ2n) is 5.15. The van der Waals surface area contributed by atoms with Gasteiger partial charge in [0.05, 0.1) is 8.67 Å². The number of hydrogen-bond donors (Lipinski definition) is 1. The van der Waals surface area contributed by atoms with E-state index in [2.05, 4.69) is 6.92 Å². The van der Waals surface area contributed by atoms with Gasteiger partial charge >= 0.3 is 0 Å². The maximum atomic E-state index is 6.15. The maximum absolute atomic E-state index is 6.15. The van der Waals surface area contributed by atoms with Gasteiger partial charge in [0, 0.05) is 6.04 Å². The summed E-state index contributed by atoms with van der Waals surface area (Å²) in [5.41, 5.74) is 7.17. The Morgan fingerprint density at radius 2 is 1.63 bits per heavy atom. The van der Waals surface area contributed by atoms with E-state index in [1.54, 1.807) is 0 Å². The maximum Gasteiger partial charge on any atom is 0.0991 e. The largest absolute Gasteiger partial charge is 0.324 e. The Balaban J connectivity index is 2.08. The SMILES string of the molecule is CCCCCCCCCCC(N)c1cc(Cl)sc1Cl. The molecular formula is C15H25Cl2NS. The van der Waals surface area contributed by atoms with Crippen LogP contribution in [0.3, 0.4) is 0 Å². The summed E-state index contributed by atoms with van der Waals surface area (Å²) in [4.78, 5) is 0. The number of rotatable bonds is 10. The van der Waals surface area contributed by atoms with E-state index in [1.165, 1.54) is 62.7 Å². The summed E-state index contributed by atoms with van der Waals surface area (Å²) in [6, 6.07) is 1.94. The molecule has 0 bridgehead atoms. The third-order valence-corrected chi connectivity index (χ3v) is 4.97. The summed E-state index contributed by atoms with van der Waals surface area (Å²) < 4.78 is 1.48. The van der Waals surface area contributed by atoms with Crippen LogP contribution in [0.15, 0.2) is 6.07 Å². The smallest absolute Gasteiger partial charge is 0.0991 e. The van der Waals surface area contributed by atoms with Crippen LogP contribution >= 0.6 is 34.5 Å². The summed E-state index contributed by atoms with van der Waals surface area (Å²) in [6.45, 7) is 2.25. The van der Waals surface area contributed by atoms with Gasteiger partial charge in [0.1, 0.15) is 0 Å². The predicted octanol–water partition coefficient (Wildman–Crippen LogP) is 6.59. The minimum atomic E-state index is 0.0383. The average molecular weight is 322 g/mol. The van der Waals surface area contributed by atoms with Crippen LogP contribution in [0, 0.1) is 0 Å². The van der Waals surface area contributed by atoms with Gasteiger partial charge in [0.2, 0.25) is 0 Å². The van der Waals surface area contributed by atoms with Gasteiger partial charge in [-0.25, -0.2) is 0 Å². The van der Waals surface area contributed by atoms with Crippen molar-refractivity contribution in [3.63, 3.8) is 0 Å². The van der Waals surface area contributed by atoms with Gasteiger partial charge in [-0.1, -0.05) is 81.5 Å². The Bertz CT molecular complexity index is 352. The first-order chi connectivity index (χ1) is 9.15. The first-order valence-corrected chi connectivity index (χ1v) is 8.92. The van der Waals surface area contributed by atoms with E-state index >= 15 is 0 Å². The molecule has 4 heteroatoms. The fraction of sp³-hybridized carbons (Fsp3) is 0.733. The highest BCUT2D eigenvalue weighted by Gasteiger charge is 2.13. The van der Waals surface area contributed by atoms with Crippen LogP contribution in [0.5, 0.6) is 0 Å². The molecule has 0 aromatic carbocycles. The highest BCUT2D eigenvalue weighted by atomic mass is 35.5. The Morgan fingerprint density at radius 3 is 2.16 bits per heavy atom. The van der Waals surface area contributed by atoms with Gasteiger partial charge in [0.25, 0.3) is 0 Å². The molecule has 0 fully saturated rings. The molecule has 0 radical (unpaired) electrons. The van der Waals surface area contributed by atoms with E-state index in [0.717, 1.165) is 20.7 Å². The highest BCUT2D eigenvalue weighted by Crippen LogP contribution is 2.35. The molecular weight excluding hydrogens is 297 g/mol. The molecule has 0 amide bonds. The van der Waals surface area contributed by atoms with Crippen LogP contribution in [0.4, 0.5) is 0 Å². The molecule has 0 aliphatic carbocycles. The van der Waals surface area contributed by atoms with Gasteiger partial charge in [0.15, 0.2) is 0 Å². The van der Waals surface area contributed by atoms with Gasteiger partial charge < -0.3 is 5.73 Å². The van der Waals surface area contributed by atoms with Crippen molar-refractivity contribution in [2.45, 2.75) is 70.8 Å². The van der Waals surface area contributed by atoms with E-state index < -0.39 is 0 Å². The number of hydrogen-bond acceptors (Lipinski definition) is 2. The Kier molecular flexibility index (Phi) is 9.14. The minimum Gasteiger partial charge on any atom is -0.324 e. The fourth-order valence-electron chi connectivity index (χ4n) is 2.26. The second kappa shape index (κ2) is 10.0. The molecule has 1 aromatic heterocycles. The van der Waals surface area contributed by atoms with Gasteiger partial charge in [-0.05, 0) is 18.1 Å².